The topological polar surface area (TPSA) is 41.9 Å². The lowest BCUT2D eigenvalue weighted by molar-refractivity contribution is -0.133. The van der Waals surface area contributed by atoms with Gasteiger partial charge in [0.2, 0.25) is 5.91 Å². The van der Waals surface area contributed by atoms with Crippen LogP contribution >= 0.6 is 0 Å². The molecule has 1 fully saturated rings. The van der Waals surface area contributed by atoms with Crippen molar-refractivity contribution in [2.24, 2.45) is 4.99 Å². The van der Waals surface area contributed by atoms with Gasteiger partial charge in [-0.05, 0) is 31.8 Å². The Labute approximate surface area is 109 Å². The first-order valence-electron chi connectivity index (χ1n) is 6.32. The summed E-state index contributed by atoms with van der Waals surface area (Å²) in [6.07, 6.45) is 4.42. The second kappa shape index (κ2) is 7.82. The molecular weight excluding hydrogens is 228 g/mol. The molecule has 0 N–H and O–H groups in total. The van der Waals surface area contributed by atoms with E-state index in [0.29, 0.717) is 6.61 Å². The molecule has 0 atom stereocenters. The monoisotopic (exact) mass is 250 g/mol. The second-order valence-electron chi connectivity index (χ2n) is 4.54. The third-order valence-electron chi connectivity index (χ3n) is 2.69. The number of allylic oxidation sites excluding steroid dienone is 2. The van der Waals surface area contributed by atoms with Gasteiger partial charge in [-0.15, -0.1) is 0 Å². The maximum absolute atomic E-state index is 11.6. The van der Waals surface area contributed by atoms with Crippen LogP contribution in [0, 0.1) is 0 Å². The summed E-state index contributed by atoms with van der Waals surface area (Å²) < 4.78 is 5.19. The Morgan fingerprint density at radius 2 is 2.33 bits per heavy atom. The quantitative estimate of drug-likeness (QED) is 0.678. The van der Waals surface area contributed by atoms with Gasteiger partial charge in [0.25, 0.3) is 0 Å². The summed E-state index contributed by atoms with van der Waals surface area (Å²) in [6.45, 7) is 11.9. The molecule has 4 nitrogen and oxygen atoms in total. The molecule has 1 aliphatic rings. The second-order valence-corrected chi connectivity index (χ2v) is 4.54. The maximum atomic E-state index is 11.6. The van der Waals surface area contributed by atoms with Crippen molar-refractivity contribution in [2.45, 2.75) is 26.2 Å². The molecule has 100 valence electrons. The van der Waals surface area contributed by atoms with Crippen LogP contribution in [0.1, 0.15) is 26.2 Å². The number of rotatable bonds is 6. The molecule has 1 heterocycles. The summed E-state index contributed by atoms with van der Waals surface area (Å²) >= 11 is 0. The number of nitrogens with zero attached hydrogens (tertiary/aromatic N) is 2. The molecule has 0 radical (unpaired) electrons. The normalized spacial score (nSPS) is 16.9. The first-order chi connectivity index (χ1) is 8.59. The maximum Gasteiger partial charge on any atom is 0.248 e. The fraction of sp³-hybridized carbons (Fsp3) is 0.571. The molecule has 0 aromatic carbocycles. The van der Waals surface area contributed by atoms with Crippen LogP contribution in [0.2, 0.25) is 0 Å². The minimum atomic E-state index is 0.0914. The third kappa shape index (κ3) is 5.77. The lowest BCUT2D eigenvalue weighted by Crippen LogP contribution is -2.33. The Hall–Kier alpha value is -1.42. The number of hydrogen-bond donors (Lipinski definition) is 0. The zero-order valence-corrected chi connectivity index (χ0v) is 11.2. The van der Waals surface area contributed by atoms with E-state index in [-0.39, 0.29) is 12.5 Å². The summed E-state index contributed by atoms with van der Waals surface area (Å²) in [4.78, 5) is 17.6. The van der Waals surface area contributed by atoms with Gasteiger partial charge in [0.1, 0.15) is 6.61 Å². The third-order valence-corrected chi connectivity index (χ3v) is 2.69. The van der Waals surface area contributed by atoms with Gasteiger partial charge in [0.15, 0.2) is 0 Å². The molecule has 18 heavy (non-hydrogen) atoms. The van der Waals surface area contributed by atoms with E-state index in [1.807, 2.05) is 11.8 Å². The van der Waals surface area contributed by atoms with Gasteiger partial charge in [-0.2, -0.15) is 0 Å². The molecular formula is C14H22N2O2. The highest BCUT2D eigenvalue weighted by Gasteiger charge is 2.15. The van der Waals surface area contributed by atoms with E-state index in [4.69, 9.17) is 4.74 Å². The number of aliphatic imine (C=N–C) groups is 1. The van der Waals surface area contributed by atoms with Crippen LogP contribution < -0.4 is 0 Å². The van der Waals surface area contributed by atoms with Crippen LogP contribution in [-0.2, 0) is 9.53 Å². The van der Waals surface area contributed by atoms with E-state index in [2.05, 4.69) is 18.2 Å². The van der Waals surface area contributed by atoms with Gasteiger partial charge in [0.05, 0.1) is 0 Å². The zero-order chi connectivity index (χ0) is 13.4. The molecule has 4 heteroatoms. The Balaban J connectivity index is 2.25. The van der Waals surface area contributed by atoms with Crippen molar-refractivity contribution in [3.05, 3.63) is 24.4 Å². The van der Waals surface area contributed by atoms with E-state index >= 15 is 0 Å². The Kier molecular flexibility index (Phi) is 6.36. The molecule has 1 aliphatic heterocycles. The Bertz CT molecular complexity index is 348. The van der Waals surface area contributed by atoms with E-state index < -0.39 is 0 Å². The minimum absolute atomic E-state index is 0.0914. The fourth-order valence-electron chi connectivity index (χ4n) is 1.73. The molecule has 0 aromatic heterocycles. The van der Waals surface area contributed by atoms with E-state index in [0.717, 1.165) is 43.6 Å². The van der Waals surface area contributed by atoms with Crippen LogP contribution in [0.5, 0.6) is 0 Å². The van der Waals surface area contributed by atoms with Gasteiger partial charge in [0, 0.05) is 31.6 Å². The predicted octanol–water partition coefficient (Wildman–Crippen LogP) is 2.18. The summed E-state index contributed by atoms with van der Waals surface area (Å²) in [7, 11) is 0. The molecule has 0 unspecified atom stereocenters. The highest BCUT2D eigenvalue weighted by Crippen LogP contribution is 2.06. The Morgan fingerprint density at radius 1 is 1.56 bits per heavy atom. The van der Waals surface area contributed by atoms with Crippen molar-refractivity contribution in [3.8, 4) is 0 Å². The molecule has 0 aromatic rings. The minimum Gasteiger partial charge on any atom is -0.372 e. The van der Waals surface area contributed by atoms with Crippen LogP contribution in [0.15, 0.2) is 29.4 Å². The van der Waals surface area contributed by atoms with Gasteiger partial charge in [-0.3, -0.25) is 9.79 Å². The molecule has 1 saturated heterocycles. The summed E-state index contributed by atoms with van der Waals surface area (Å²) in [5.74, 6) is 0.0914. The smallest absolute Gasteiger partial charge is 0.248 e. The number of ether oxygens (including phenoxy) is 1. The average Bonchev–Trinajstić information content (AvgIpc) is 2.52. The van der Waals surface area contributed by atoms with Crippen molar-refractivity contribution in [1.82, 2.24) is 4.90 Å². The van der Waals surface area contributed by atoms with Crippen molar-refractivity contribution in [1.29, 1.82) is 0 Å². The Morgan fingerprint density at radius 3 is 3.06 bits per heavy atom. The SMILES string of the molecule is C=C(C=NC(=C)C)CCCN1CCCOCC1=O. The first kappa shape index (κ1) is 14.6. The molecule has 0 saturated carbocycles. The largest absolute Gasteiger partial charge is 0.372 e. The van der Waals surface area contributed by atoms with Gasteiger partial charge >= 0.3 is 0 Å². The van der Waals surface area contributed by atoms with Gasteiger partial charge < -0.3 is 9.64 Å². The van der Waals surface area contributed by atoms with Gasteiger partial charge in [-0.25, -0.2) is 0 Å². The highest BCUT2D eigenvalue weighted by atomic mass is 16.5. The van der Waals surface area contributed by atoms with E-state index in [1.165, 1.54) is 0 Å². The van der Waals surface area contributed by atoms with Crippen LogP contribution in [0.3, 0.4) is 0 Å². The lowest BCUT2D eigenvalue weighted by atomic mass is 10.1. The molecule has 1 amide bonds. The zero-order valence-electron chi connectivity index (χ0n) is 11.2. The number of carbonyl (C=O) groups excluding carboxylic acids is 1. The van der Waals surface area contributed by atoms with E-state index in [9.17, 15) is 4.79 Å². The molecule has 1 rings (SSSR count). The standard InChI is InChI=1S/C14H22N2O2/c1-12(2)15-10-13(3)6-4-7-16-8-5-9-18-11-14(16)17/h10H,1,3-9,11H2,2H3. The fourth-order valence-corrected chi connectivity index (χ4v) is 1.73. The number of amides is 1. The van der Waals surface area contributed by atoms with Crippen molar-refractivity contribution in [2.75, 3.05) is 26.3 Å². The molecule has 0 aliphatic carbocycles. The first-order valence-corrected chi connectivity index (χ1v) is 6.32. The molecule has 0 bridgehead atoms. The van der Waals surface area contributed by atoms with Gasteiger partial charge in [-0.1, -0.05) is 13.2 Å². The van der Waals surface area contributed by atoms with Crippen LogP contribution in [0.4, 0.5) is 0 Å². The average molecular weight is 250 g/mol. The summed E-state index contributed by atoms with van der Waals surface area (Å²) in [6, 6.07) is 0. The van der Waals surface area contributed by atoms with Crippen molar-refractivity contribution >= 4 is 12.1 Å². The lowest BCUT2D eigenvalue weighted by Gasteiger charge is -2.19. The number of hydrogen-bond acceptors (Lipinski definition) is 3. The predicted molar refractivity (Wildman–Crippen MR) is 73.7 cm³/mol. The van der Waals surface area contributed by atoms with Crippen LogP contribution in [-0.4, -0.2) is 43.3 Å². The van der Waals surface area contributed by atoms with Crippen molar-refractivity contribution < 1.29 is 9.53 Å². The molecule has 0 spiro atoms. The number of carbonyl (C=O) groups is 1. The van der Waals surface area contributed by atoms with Crippen molar-refractivity contribution in [3.63, 3.8) is 0 Å². The highest BCUT2D eigenvalue weighted by molar-refractivity contribution is 5.78. The van der Waals surface area contributed by atoms with Crippen LogP contribution in [0.25, 0.3) is 0 Å². The van der Waals surface area contributed by atoms with E-state index in [1.54, 1.807) is 6.21 Å². The summed E-state index contributed by atoms with van der Waals surface area (Å²) in [5, 5.41) is 0. The summed E-state index contributed by atoms with van der Waals surface area (Å²) in [5.41, 5.74) is 1.74.